The number of benzene rings is 4. The maximum Gasteiger partial charge on any atom is 0.0449 e. The van der Waals surface area contributed by atoms with E-state index in [1.165, 1.54) is 73.8 Å². The molecule has 8 rings (SSSR count). The van der Waals surface area contributed by atoms with Gasteiger partial charge >= 0.3 is 0 Å². The number of hydrogen-bond donors (Lipinski definition) is 0. The van der Waals surface area contributed by atoms with E-state index in [1.54, 1.807) is 0 Å². The predicted octanol–water partition coefficient (Wildman–Crippen LogP) is 7.55. The van der Waals surface area contributed by atoms with Crippen molar-refractivity contribution in [1.82, 2.24) is 0 Å². The standard InChI is InChI=1S/C34H20S2/c1-5-13-25-21(9-1)22-10-2-6-14-26(22)33(25)31-19-17-29(35-31)30-18-20-32(36-30)34-27-15-7-3-11-23(27)24-12-4-8-16-28(24)34/h1-20H/b30-29+. The topological polar surface area (TPSA) is 0 Å². The van der Waals surface area contributed by atoms with Gasteiger partial charge in [-0.15, -0.1) is 22.7 Å². The van der Waals surface area contributed by atoms with E-state index in [2.05, 4.69) is 121 Å². The van der Waals surface area contributed by atoms with Crippen LogP contribution in [0.1, 0.15) is 22.3 Å². The molecule has 2 aliphatic carbocycles. The highest BCUT2D eigenvalue weighted by Crippen LogP contribution is 2.43. The summed E-state index contributed by atoms with van der Waals surface area (Å²) in [6.07, 6.45) is 0. The molecule has 0 atom stereocenters. The lowest BCUT2D eigenvalue weighted by atomic mass is 10.1. The Balaban J connectivity index is 1.40. The molecule has 168 valence electrons. The van der Waals surface area contributed by atoms with Crippen LogP contribution in [0.25, 0.3) is 33.4 Å². The first-order chi connectivity index (χ1) is 17.9. The van der Waals surface area contributed by atoms with Crippen molar-refractivity contribution in [2.75, 3.05) is 0 Å². The molecule has 0 nitrogen and oxygen atoms in total. The summed E-state index contributed by atoms with van der Waals surface area (Å²) in [6, 6.07) is 44.4. The van der Waals surface area contributed by atoms with Crippen LogP contribution in [-0.2, 0) is 0 Å². The third-order valence-electron chi connectivity index (χ3n) is 7.31. The quantitative estimate of drug-likeness (QED) is 0.205. The number of rotatable bonds is 0. The van der Waals surface area contributed by atoms with Crippen molar-refractivity contribution in [2.45, 2.75) is 0 Å². The van der Waals surface area contributed by atoms with Crippen molar-refractivity contribution in [1.29, 1.82) is 0 Å². The van der Waals surface area contributed by atoms with Gasteiger partial charge in [0.15, 0.2) is 0 Å². The Kier molecular flexibility index (Phi) is 4.36. The molecular formula is C34H20S2. The van der Waals surface area contributed by atoms with Gasteiger partial charge in [0, 0.05) is 29.3 Å². The van der Waals surface area contributed by atoms with Crippen LogP contribution in [0.4, 0.5) is 0 Å². The second kappa shape index (κ2) is 7.76. The van der Waals surface area contributed by atoms with Crippen molar-refractivity contribution in [3.05, 3.63) is 162 Å². The van der Waals surface area contributed by atoms with Gasteiger partial charge in [0.1, 0.15) is 0 Å². The molecule has 2 aromatic heterocycles. The highest BCUT2D eigenvalue weighted by molar-refractivity contribution is 7.11. The van der Waals surface area contributed by atoms with Gasteiger partial charge in [-0.3, -0.25) is 0 Å². The Hall–Kier alpha value is -3.98. The molecule has 0 N–H and O–H groups in total. The zero-order chi connectivity index (χ0) is 23.6. The summed E-state index contributed by atoms with van der Waals surface area (Å²) in [5.74, 6) is 0. The number of thiophene rings is 2. The molecule has 36 heavy (non-hydrogen) atoms. The molecule has 0 amide bonds. The van der Waals surface area contributed by atoms with Gasteiger partial charge in [-0.05, 0) is 68.8 Å². The van der Waals surface area contributed by atoms with E-state index in [9.17, 15) is 0 Å². The Morgan fingerprint density at radius 3 is 0.806 bits per heavy atom. The van der Waals surface area contributed by atoms with Gasteiger partial charge in [-0.25, -0.2) is 0 Å². The Labute approximate surface area is 217 Å². The van der Waals surface area contributed by atoms with Gasteiger partial charge in [-0.2, -0.15) is 0 Å². The summed E-state index contributed by atoms with van der Waals surface area (Å²) >= 11 is 3.80. The molecule has 6 aromatic rings. The molecule has 2 heteroatoms. The van der Waals surface area contributed by atoms with Crippen molar-refractivity contribution < 1.29 is 0 Å². The molecular weight excluding hydrogens is 473 g/mol. The summed E-state index contributed by atoms with van der Waals surface area (Å²) in [4.78, 5) is 0. The number of hydrogen-bond acceptors (Lipinski definition) is 2. The predicted molar refractivity (Wildman–Crippen MR) is 153 cm³/mol. The van der Waals surface area contributed by atoms with E-state index >= 15 is 0 Å². The highest BCUT2D eigenvalue weighted by atomic mass is 32.1. The van der Waals surface area contributed by atoms with Gasteiger partial charge < -0.3 is 0 Å². The maximum atomic E-state index is 2.31. The second-order valence-corrected chi connectivity index (χ2v) is 11.4. The highest BCUT2D eigenvalue weighted by Gasteiger charge is 2.24. The van der Waals surface area contributed by atoms with Crippen LogP contribution in [0.5, 0.6) is 0 Å². The van der Waals surface area contributed by atoms with E-state index in [-0.39, 0.29) is 0 Å². The van der Waals surface area contributed by atoms with Crippen molar-refractivity contribution in [3.8, 4) is 22.3 Å². The molecule has 4 aromatic carbocycles. The van der Waals surface area contributed by atoms with E-state index in [0.29, 0.717) is 0 Å². The molecule has 0 spiro atoms. The van der Waals surface area contributed by atoms with E-state index in [0.717, 1.165) is 0 Å². The molecule has 0 saturated carbocycles. The Morgan fingerprint density at radius 1 is 0.250 bits per heavy atom. The van der Waals surface area contributed by atoms with Crippen LogP contribution in [0.15, 0.2) is 121 Å². The average molecular weight is 493 g/mol. The molecule has 0 unspecified atom stereocenters. The lowest BCUT2D eigenvalue weighted by Gasteiger charge is -2.00. The molecule has 0 fully saturated rings. The molecule has 0 radical (unpaired) electrons. The SMILES string of the molecule is c1ccc2c(c1)C(=c1cc/c(=c3/ccc(=C4c5ccccc5-c5ccccc54)s3)s1)c1ccccc1-2. The van der Waals surface area contributed by atoms with E-state index in [1.807, 2.05) is 22.7 Å². The van der Waals surface area contributed by atoms with Crippen LogP contribution in [-0.4, -0.2) is 0 Å². The largest absolute Gasteiger partial charge is 0.134 e. The first kappa shape index (κ1) is 20.2. The number of fused-ring (bicyclic) bond motifs is 6. The van der Waals surface area contributed by atoms with Crippen molar-refractivity contribution in [3.63, 3.8) is 0 Å². The molecule has 0 saturated heterocycles. The monoisotopic (exact) mass is 492 g/mol. The third kappa shape index (κ3) is 2.86. The summed E-state index contributed by atoms with van der Waals surface area (Å²) in [7, 11) is 0. The molecule has 0 bridgehead atoms. The van der Waals surface area contributed by atoms with Crippen LogP contribution < -0.4 is 9.06 Å². The third-order valence-corrected chi connectivity index (χ3v) is 9.71. The lowest BCUT2D eigenvalue weighted by Crippen LogP contribution is -1.99. The normalized spacial score (nSPS) is 13.9. The minimum atomic E-state index is 1.33. The molecule has 2 heterocycles. The first-order valence-electron chi connectivity index (χ1n) is 12.2. The summed E-state index contributed by atoms with van der Waals surface area (Å²) in [5, 5.41) is 0. The zero-order valence-corrected chi connectivity index (χ0v) is 21.0. The first-order valence-corrected chi connectivity index (χ1v) is 13.8. The fraction of sp³-hybridized carbons (Fsp3) is 0. The Morgan fingerprint density at radius 2 is 0.500 bits per heavy atom. The van der Waals surface area contributed by atoms with Crippen LogP contribution in [0.2, 0.25) is 0 Å². The zero-order valence-electron chi connectivity index (χ0n) is 19.4. The van der Waals surface area contributed by atoms with Crippen molar-refractivity contribution >= 4 is 33.8 Å². The Bertz CT molecular complexity index is 1810. The summed E-state index contributed by atoms with van der Waals surface area (Å²) in [6.45, 7) is 0. The van der Waals surface area contributed by atoms with Gasteiger partial charge in [0.2, 0.25) is 0 Å². The lowest BCUT2D eigenvalue weighted by molar-refractivity contribution is 1.64. The maximum absolute atomic E-state index is 2.31. The van der Waals surface area contributed by atoms with Gasteiger partial charge in [-0.1, -0.05) is 97.1 Å². The fourth-order valence-electron chi connectivity index (χ4n) is 5.77. The molecule has 2 aliphatic rings. The van der Waals surface area contributed by atoms with Crippen LogP contribution in [0.3, 0.4) is 0 Å². The summed E-state index contributed by atoms with van der Waals surface area (Å²) in [5.41, 5.74) is 13.4. The summed E-state index contributed by atoms with van der Waals surface area (Å²) < 4.78 is 5.33. The second-order valence-electron chi connectivity index (χ2n) is 9.26. The fourth-order valence-corrected chi connectivity index (χ4v) is 8.02. The average Bonchev–Trinajstić information content (AvgIpc) is 3.71. The minimum Gasteiger partial charge on any atom is -0.134 e. The molecule has 0 aliphatic heterocycles. The van der Waals surface area contributed by atoms with Crippen LogP contribution >= 0.6 is 22.7 Å². The van der Waals surface area contributed by atoms with Gasteiger partial charge in [0.05, 0.1) is 0 Å². The smallest absolute Gasteiger partial charge is 0.0449 e. The van der Waals surface area contributed by atoms with E-state index in [4.69, 9.17) is 0 Å². The minimum absolute atomic E-state index is 1.33. The van der Waals surface area contributed by atoms with Crippen molar-refractivity contribution in [2.24, 2.45) is 0 Å². The van der Waals surface area contributed by atoms with E-state index < -0.39 is 0 Å². The van der Waals surface area contributed by atoms with Crippen LogP contribution in [0, 0.1) is 9.06 Å². The van der Waals surface area contributed by atoms with Gasteiger partial charge in [0.25, 0.3) is 0 Å².